The third kappa shape index (κ3) is 9.18. The number of carbonyl (C=O) groups is 2. The van der Waals surface area contributed by atoms with Gasteiger partial charge in [0, 0.05) is 5.69 Å². The van der Waals surface area contributed by atoms with E-state index in [0.717, 1.165) is 17.0 Å². The van der Waals surface area contributed by atoms with Gasteiger partial charge >= 0.3 is 12.1 Å². The minimum Gasteiger partial charge on any atom is -0.479 e. The summed E-state index contributed by atoms with van der Waals surface area (Å²) < 4.78 is 5.02. The van der Waals surface area contributed by atoms with E-state index >= 15 is 0 Å². The van der Waals surface area contributed by atoms with Gasteiger partial charge in [0.15, 0.2) is 6.10 Å². The number of aromatic amines is 1. The highest BCUT2D eigenvalue weighted by Crippen LogP contribution is 2.10. The van der Waals surface area contributed by atoms with Gasteiger partial charge in [0.2, 0.25) is 0 Å². The maximum Gasteiger partial charge on any atom is 0.407 e. The van der Waals surface area contributed by atoms with Gasteiger partial charge in [-0.2, -0.15) is 5.10 Å². The lowest BCUT2D eigenvalue weighted by molar-refractivity contribution is -0.148. The van der Waals surface area contributed by atoms with Crippen LogP contribution in [0, 0.1) is 19.8 Å². The number of carbonyl (C=O) groups excluding carboxylic acids is 1. The van der Waals surface area contributed by atoms with Crippen LogP contribution in [-0.4, -0.2) is 44.6 Å². The highest BCUT2D eigenvalue weighted by Gasteiger charge is 2.28. The van der Waals surface area contributed by atoms with E-state index in [4.69, 9.17) is 9.84 Å². The van der Waals surface area contributed by atoms with Crippen LogP contribution in [-0.2, 0) is 16.1 Å². The zero-order chi connectivity index (χ0) is 21.1. The van der Waals surface area contributed by atoms with Crippen LogP contribution < -0.4 is 5.32 Å². The van der Waals surface area contributed by atoms with Gasteiger partial charge < -0.3 is 20.3 Å². The number of aliphatic hydroxyl groups excluding tert-OH is 1. The minimum atomic E-state index is -1.66. The van der Waals surface area contributed by atoms with Crippen molar-refractivity contribution in [2.24, 2.45) is 5.92 Å². The zero-order valence-corrected chi connectivity index (χ0v) is 16.7. The Bertz CT molecular complexity index is 714. The summed E-state index contributed by atoms with van der Waals surface area (Å²) in [6, 6.07) is 10.2. The second kappa shape index (κ2) is 11.8. The predicted octanol–water partition coefficient (Wildman–Crippen LogP) is 2.80. The standard InChI is InChI=1S/C15H21NO5.C5H8N2/c1-10(2)8-12(13(17)14(18)19)16-15(20)21-9-11-6-4-3-5-7-11;1-4-3-5(2)7-6-4/h3-7,10,12-13,17H,8-9H2,1-2H3,(H,16,20)(H,18,19);3H,1-2H3,(H,6,7)/t12-,13+;/m0./s1. The molecule has 2 rings (SSSR count). The number of alkyl carbamates (subject to hydrolysis) is 1. The summed E-state index contributed by atoms with van der Waals surface area (Å²) >= 11 is 0. The van der Waals surface area contributed by atoms with Crippen molar-refractivity contribution in [2.75, 3.05) is 0 Å². The number of aromatic nitrogens is 2. The van der Waals surface area contributed by atoms with Gasteiger partial charge in [-0.15, -0.1) is 0 Å². The zero-order valence-electron chi connectivity index (χ0n) is 16.7. The third-order valence-electron chi connectivity index (χ3n) is 3.71. The Morgan fingerprint density at radius 3 is 2.29 bits per heavy atom. The monoisotopic (exact) mass is 391 g/mol. The number of carboxylic acids is 1. The molecule has 0 radical (unpaired) electrons. The SMILES string of the molecule is CC(C)C[C@H](NC(=O)OCc1ccccc1)[C@@H](O)C(=O)O.Cc1cc(C)[nH]n1. The summed E-state index contributed by atoms with van der Waals surface area (Å²) in [4.78, 5) is 22.5. The molecule has 0 unspecified atom stereocenters. The average molecular weight is 391 g/mol. The van der Waals surface area contributed by atoms with Crippen LogP contribution >= 0.6 is 0 Å². The van der Waals surface area contributed by atoms with Crippen LogP contribution in [0.1, 0.15) is 37.2 Å². The molecule has 2 aromatic rings. The number of nitrogens with zero attached hydrogens (tertiary/aromatic N) is 1. The molecule has 1 amide bonds. The molecule has 1 aromatic heterocycles. The summed E-state index contributed by atoms with van der Waals surface area (Å²) in [5.74, 6) is -1.25. The highest BCUT2D eigenvalue weighted by molar-refractivity contribution is 5.75. The van der Waals surface area contributed by atoms with Crippen LogP contribution in [0.4, 0.5) is 4.79 Å². The summed E-state index contributed by atoms with van der Waals surface area (Å²) in [5.41, 5.74) is 3.00. The molecular weight excluding hydrogens is 362 g/mol. The van der Waals surface area contributed by atoms with Gasteiger partial charge in [-0.3, -0.25) is 5.10 Å². The van der Waals surface area contributed by atoms with Gasteiger partial charge in [-0.25, -0.2) is 9.59 Å². The molecular formula is C20H29N3O5. The van der Waals surface area contributed by atoms with E-state index in [9.17, 15) is 14.7 Å². The first-order valence-corrected chi connectivity index (χ1v) is 9.05. The maximum atomic E-state index is 11.7. The Morgan fingerprint density at radius 2 is 1.86 bits per heavy atom. The number of carboxylic acid groups (broad SMARTS) is 1. The number of aryl methyl sites for hydroxylation is 2. The Balaban J connectivity index is 0.000000467. The van der Waals surface area contributed by atoms with Gasteiger partial charge in [-0.05, 0) is 37.8 Å². The molecule has 154 valence electrons. The fourth-order valence-electron chi connectivity index (χ4n) is 2.42. The molecule has 0 aliphatic heterocycles. The summed E-state index contributed by atoms with van der Waals surface area (Å²) in [6.07, 6.45) is -2.06. The number of hydrogen-bond acceptors (Lipinski definition) is 5. The van der Waals surface area contributed by atoms with Crippen LogP contribution in [0.5, 0.6) is 0 Å². The lowest BCUT2D eigenvalue weighted by Gasteiger charge is -2.22. The van der Waals surface area contributed by atoms with Gasteiger partial charge in [0.25, 0.3) is 0 Å². The van der Waals surface area contributed by atoms with E-state index in [2.05, 4.69) is 15.5 Å². The lowest BCUT2D eigenvalue weighted by Crippen LogP contribution is -2.47. The number of H-pyrrole nitrogens is 1. The van der Waals surface area contributed by atoms with Crippen LogP contribution in [0.2, 0.25) is 0 Å². The van der Waals surface area contributed by atoms with Crippen molar-refractivity contribution in [3.8, 4) is 0 Å². The maximum absolute atomic E-state index is 11.7. The summed E-state index contributed by atoms with van der Waals surface area (Å²) in [7, 11) is 0. The van der Waals surface area contributed by atoms with Gasteiger partial charge in [-0.1, -0.05) is 44.2 Å². The van der Waals surface area contributed by atoms with Crippen molar-refractivity contribution in [2.45, 2.75) is 52.9 Å². The second-order valence-corrected chi connectivity index (χ2v) is 6.92. The van der Waals surface area contributed by atoms with Gasteiger partial charge in [0.1, 0.15) is 6.61 Å². The van der Waals surface area contributed by atoms with Crippen molar-refractivity contribution in [1.29, 1.82) is 0 Å². The van der Waals surface area contributed by atoms with Crippen LogP contribution in [0.3, 0.4) is 0 Å². The Labute approximate surface area is 164 Å². The fourth-order valence-corrected chi connectivity index (χ4v) is 2.42. The van der Waals surface area contributed by atoms with Gasteiger partial charge in [0.05, 0.1) is 11.7 Å². The smallest absolute Gasteiger partial charge is 0.407 e. The Hall–Kier alpha value is -2.87. The van der Waals surface area contributed by atoms with Crippen molar-refractivity contribution in [1.82, 2.24) is 15.5 Å². The molecule has 0 spiro atoms. The Kier molecular flexibility index (Phi) is 9.73. The number of hydrogen-bond donors (Lipinski definition) is 4. The first-order valence-electron chi connectivity index (χ1n) is 9.05. The number of nitrogens with one attached hydrogen (secondary N) is 2. The van der Waals surface area contributed by atoms with Crippen molar-refractivity contribution in [3.63, 3.8) is 0 Å². The normalized spacial score (nSPS) is 12.5. The molecule has 28 heavy (non-hydrogen) atoms. The van der Waals surface area contributed by atoms with E-state index in [0.29, 0.717) is 6.42 Å². The quantitative estimate of drug-likeness (QED) is 0.575. The second-order valence-electron chi connectivity index (χ2n) is 6.92. The third-order valence-corrected chi connectivity index (χ3v) is 3.71. The van der Waals surface area contributed by atoms with E-state index in [-0.39, 0.29) is 12.5 Å². The van der Waals surface area contributed by atoms with Crippen molar-refractivity contribution in [3.05, 3.63) is 53.3 Å². The number of rotatable bonds is 7. The van der Waals surface area contributed by atoms with E-state index in [1.807, 2.05) is 64.1 Å². The van der Waals surface area contributed by atoms with E-state index in [1.165, 1.54) is 0 Å². The number of amides is 1. The number of benzene rings is 1. The lowest BCUT2D eigenvalue weighted by atomic mass is 9.99. The first kappa shape index (κ1) is 23.2. The van der Waals surface area contributed by atoms with E-state index in [1.54, 1.807) is 0 Å². The van der Waals surface area contributed by atoms with Crippen LogP contribution in [0.15, 0.2) is 36.4 Å². The number of aliphatic hydroxyl groups is 1. The van der Waals surface area contributed by atoms with E-state index < -0.39 is 24.2 Å². The topological polar surface area (TPSA) is 125 Å². The predicted molar refractivity (Wildman–Crippen MR) is 105 cm³/mol. The molecule has 8 nitrogen and oxygen atoms in total. The summed E-state index contributed by atoms with van der Waals surface area (Å²) in [5, 5.41) is 27.6. The molecule has 4 N–H and O–H groups in total. The molecule has 0 aliphatic carbocycles. The Morgan fingerprint density at radius 1 is 1.21 bits per heavy atom. The number of ether oxygens (including phenoxy) is 1. The molecule has 2 atom stereocenters. The minimum absolute atomic E-state index is 0.0875. The number of aliphatic carboxylic acids is 1. The average Bonchev–Trinajstić information content (AvgIpc) is 3.02. The summed E-state index contributed by atoms with van der Waals surface area (Å²) in [6.45, 7) is 7.78. The fraction of sp³-hybridized carbons (Fsp3) is 0.450. The molecule has 0 saturated heterocycles. The van der Waals surface area contributed by atoms with Crippen molar-refractivity contribution >= 4 is 12.1 Å². The molecule has 0 saturated carbocycles. The molecule has 0 aliphatic rings. The molecule has 0 fully saturated rings. The largest absolute Gasteiger partial charge is 0.479 e. The van der Waals surface area contributed by atoms with Crippen LogP contribution in [0.25, 0.3) is 0 Å². The first-order chi connectivity index (χ1) is 13.2. The molecule has 1 aromatic carbocycles. The molecule has 0 bridgehead atoms. The highest BCUT2D eigenvalue weighted by atomic mass is 16.5. The molecule has 8 heteroatoms. The molecule has 1 heterocycles. The van der Waals surface area contributed by atoms with Crippen molar-refractivity contribution < 1.29 is 24.5 Å².